The van der Waals surface area contributed by atoms with Crippen molar-refractivity contribution in [1.82, 2.24) is 5.06 Å². The van der Waals surface area contributed by atoms with Gasteiger partial charge in [-0.3, -0.25) is 4.84 Å². The van der Waals surface area contributed by atoms with Gasteiger partial charge >= 0.3 is 0 Å². The number of hydroxylamine groups is 2. The number of likely N-dealkylation sites (N-methyl/N-ethyl adjacent to an activating group) is 1. The van der Waals surface area contributed by atoms with E-state index in [4.69, 9.17) is 22.2 Å². The van der Waals surface area contributed by atoms with Crippen LogP contribution in [0.2, 0.25) is 5.02 Å². The summed E-state index contributed by atoms with van der Waals surface area (Å²) < 4.78 is 0. The monoisotopic (exact) mass is 359 g/mol. The molecule has 0 saturated carbocycles. The van der Waals surface area contributed by atoms with Crippen LogP contribution in [0.3, 0.4) is 0 Å². The molecule has 0 spiro atoms. The molecule has 5 heteroatoms. The van der Waals surface area contributed by atoms with Gasteiger partial charge in [0, 0.05) is 31.4 Å². The van der Waals surface area contributed by atoms with Crippen molar-refractivity contribution in [2.45, 2.75) is 32.9 Å². The van der Waals surface area contributed by atoms with Gasteiger partial charge in [-0.05, 0) is 42.7 Å². The fourth-order valence-electron chi connectivity index (χ4n) is 3.27. The molecule has 1 aliphatic heterocycles. The number of anilines is 2. The van der Waals surface area contributed by atoms with Crippen molar-refractivity contribution in [3.05, 3.63) is 58.6 Å². The Bertz CT molecular complexity index is 722. The smallest absolute Gasteiger partial charge is 0.0705 e. The summed E-state index contributed by atoms with van der Waals surface area (Å²) >= 11 is 6.30. The minimum absolute atomic E-state index is 0.369. The van der Waals surface area contributed by atoms with Gasteiger partial charge in [0.15, 0.2) is 0 Å². The molecule has 1 saturated heterocycles. The first-order valence-corrected chi connectivity index (χ1v) is 9.20. The second kappa shape index (κ2) is 8.09. The number of rotatable bonds is 5. The van der Waals surface area contributed by atoms with Crippen LogP contribution in [0.5, 0.6) is 0 Å². The van der Waals surface area contributed by atoms with Gasteiger partial charge in [0.25, 0.3) is 0 Å². The van der Waals surface area contributed by atoms with Gasteiger partial charge in [-0.1, -0.05) is 42.8 Å². The fourth-order valence-corrected chi connectivity index (χ4v) is 3.44. The van der Waals surface area contributed by atoms with E-state index in [-0.39, 0.29) is 0 Å². The lowest BCUT2D eigenvalue weighted by atomic mass is 10.0. The van der Waals surface area contributed by atoms with E-state index in [0.29, 0.717) is 16.8 Å². The Labute approximate surface area is 155 Å². The van der Waals surface area contributed by atoms with Crippen LogP contribution in [0, 0.1) is 6.92 Å². The molecule has 4 nitrogen and oxygen atoms in total. The number of nitrogens with zero attached hydrogens (tertiary/aromatic N) is 2. The lowest BCUT2D eigenvalue weighted by Crippen LogP contribution is -2.48. The number of aryl methyl sites for hydroxylation is 1. The third kappa shape index (κ3) is 4.27. The highest BCUT2D eigenvalue weighted by Crippen LogP contribution is 2.30. The minimum atomic E-state index is 0.369. The van der Waals surface area contributed by atoms with E-state index >= 15 is 0 Å². The number of halogens is 1. The summed E-state index contributed by atoms with van der Waals surface area (Å²) in [5, 5.41) is 2.64. The molecule has 1 atom stereocenters. The molecule has 3 rings (SSSR count). The molecular weight excluding hydrogens is 334 g/mol. The molecule has 134 valence electrons. The fraction of sp³-hybridized carbons (Fsp3) is 0.400. The van der Waals surface area contributed by atoms with Gasteiger partial charge in [-0.15, -0.1) is 0 Å². The predicted molar refractivity (Wildman–Crippen MR) is 105 cm³/mol. The first kappa shape index (κ1) is 18.1. The molecule has 25 heavy (non-hydrogen) atoms. The molecule has 0 bridgehead atoms. The maximum absolute atomic E-state index is 6.30. The van der Waals surface area contributed by atoms with E-state index in [9.17, 15) is 0 Å². The third-order valence-corrected chi connectivity index (χ3v) is 5.18. The van der Waals surface area contributed by atoms with E-state index in [1.807, 2.05) is 17.2 Å². The largest absolute Gasteiger partial charge is 0.398 e. The molecule has 1 aliphatic rings. The van der Waals surface area contributed by atoms with Crippen LogP contribution in [0.4, 0.5) is 11.4 Å². The highest BCUT2D eigenvalue weighted by molar-refractivity contribution is 6.33. The molecule has 0 unspecified atom stereocenters. The number of hydrogen-bond donors (Lipinski definition) is 1. The number of nitrogen functional groups attached to an aromatic ring is 1. The summed E-state index contributed by atoms with van der Waals surface area (Å²) in [6.45, 7) is 7.63. The summed E-state index contributed by atoms with van der Waals surface area (Å²) in [6.07, 6.45) is 0.990. The first-order chi connectivity index (χ1) is 12.1. The normalized spacial score (nSPS) is 18.3. The van der Waals surface area contributed by atoms with Crippen LogP contribution >= 0.6 is 11.6 Å². The van der Waals surface area contributed by atoms with Crippen LogP contribution in [0.25, 0.3) is 0 Å². The van der Waals surface area contributed by atoms with Crippen molar-refractivity contribution in [2.24, 2.45) is 0 Å². The number of benzene rings is 2. The maximum atomic E-state index is 6.30. The van der Waals surface area contributed by atoms with E-state index in [1.54, 1.807) is 0 Å². The Hall–Kier alpha value is -1.75. The summed E-state index contributed by atoms with van der Waals surface area (Å²) in [6, 6.07) is 14.8. The van der Waals surface area contributed by atoms with Crippen molar-refractivity contribution < 1.29 is 4.84 Å². The van der Waals surface area contributed by atoms with Crippen molar-refractivity contribution in [3.63, 3.8) is 0 Å². The van der Waals surface area contributed by atoms with E-state index in [1.165, 1.54) is 11.1 Å². The SMILES string of the molecule is CCN1C[C@@H](N(Cc2ccccc2C)c2ccc(N)c(Cl)c2)CCO1. The van der Waals surface area contributed by atoms with E-state index < -0.39 is 0 Å². The summed E-state index contributed by atoms with van der Waals surface area (Å²) in [5.41, 5.74) is 10.2. The molecule has 2 aromatic carbocycles. The highest BCUT2D eigenvalue weighted by atomic mass is 35.5. The van der Waals surface area contributed by atoms with Gasteiger partial charge in [0.05, 0.1) is 17.3 Å². The van der Waals surface area contributed by atoms with E-state index in [2.05, 4.69) is 49.1 Å². The van der Waals surface area contributed by atoms with Gasteiger partial charge < -0.3 is 10.6 Å². The molecule has 0 amide bonds. The summed E-state index contributed by atoms with van der Waals surface area (Å²) in [7, 11) is 0. The summed E-state index contributed by atoms with van der Waals surface area (Å²) in [4.78, 5) is 8.15. The molecule has 1 heterocycles. The molecule has 2 aromatic rings. The van der Waals surface area contributed by atoms with Gasteiger partial charge in [0.2, 0.25) is 0 Å². The molecule has 0 aliphatic carbocycles. The average molecular weight is 360 g/mol. The standard InChI is InChI=1S/C20H26ClN3O/c1-3-23-14-18(10-11-25-23)24(13-16-7-5-4-6-15(16)2)17-8-9-20(22)19(21)12-17/h4-9,12,18H,3,10-11,13-14,22H2,1-2H3/t18-/m0/s1. The number of hydrogen-bond acceptors (Lipinski definition) is 4. The molecule has 1 fully saturated rings. The third-order valence-electron chi connectivity index (χ3n) is 4.85. The van der Waals surface area contributed by atoms with E-state index in [0.717, 1.165) is 38.3 Å². The molecule has 2 N–H and O–H groups in total. The number of nitrogens with two attached hydrogens (primary N) is 1. The van der Waals surface area contributed by atoms with Gasteiger partial charge in [0.1, 0.15) is 0 Å². The Morgan fingerprint density at radius 3 is 2.80 bits per heavy atom. The molecular formula is C20H26ClN3O. The predicted octanol–water partition coefficient (Wildman–Crippen LogP) is 4.26. The molecule has 0 radical (unpaired) electrons. The van der Waals surface area contributed by atoms with Gasteiger partial charge in [-0.25, -0.2) is 0 Å². The van der Waals surface area contributed by atoms with Crippen molar-refractivity contribution in [3.8, 4) is 0 Å². The Kier molecular flexibility index (Phi) is 5.84. The van der Waals surface area contributed by atoms with Crippen LogP contribution < -0.4 is 10.6 Å². The minimum Gasteiger partial charge on any atom is -0.398 e. The van der Waals surface area contributed by atoms with Crippen molar-refractivity contribution in [1.29, 1.82) is 0 Å². The summed E-state index contributed by atoms with van der Waals surface area (Å²) in [5.74, 6) is 0. The first-order valence-electron chi connectivity index (χ1n) is 8.82. The van der Waals surface area contributed by atoms with Crippen molar-refractivity contribution >= 4 is 23.0 Å². The second-order valence-electron chi connectivity index (χ2n) is 6.52. The zero-order valence-electron chi connectivity index (χ0n) is 14.9. The van der Waals surface area contributed by atoms with Gasteiger partial charge in [-0.2, -0.15) is 5.06 Å². The Morgan fingerprint density at radius 1 is 1.28 bits per heavy atom. The van der Waals surface area contributed by atoms with Crippen LogP contribution in [-0.4, -0.2) is 30.8 Å². The van der Waals surface area contributed by atoms with Crippen LogP contribution in [0.15, 0.2) is 42.5 Å². The lowest BCUT2D eigenvalue weighted by Gasteiger charge is -2.40. The average Bonchev–Trinajstić information content (AvgIpc) is 2.63. The second-order valence-corrected chi connectivity index (χ2v) is 6.92. The Balaban J connectivity index is 1.92. The lowest BCUT2D eigenvalue weighted by molar-refractivity contribution is -0.182. The quantitative estimate of drug-likeness (QED) is 0.810. The Morgan fingerprint density at radius 2 is 2.08 bits per heavy atom. The molecule has 0 aromatic heterocycles. The zero-order valence-corrected chi connectivity index (χ0v) is 15.7. The zero-order chi connectivity index (χ0) is 17.8. The van der Waals surface area contributed by atoms with Crippen LogP contribution in [0.1, 0.15) is 24.5 Å². The van der Waals surface area contributed by atoms with Crippen LogP contribution in [-0.2, 0) is 11.4 Å². The maximum Gasteiger partial charge on any atom is 0.0705 e. The highest BCUT2D eigenvalue weighted by Gasteiger charge is 2.26. The topological polar surface area (TPSA) is 41.7 Å². The van der Waals surface area contributed by atoms with Crippen molar-refractivity contribution in [2.75, 3.05) is 30.3 Å².